The summed E-state index contributed by atoms with van der Waals surface area (Å²) in [4.78, 5) is 1.69. The van der Waals surface area contributed by atoms with Crippen LogP contribution in [0, 0.1) is 6.92 Å². The normalized spacial score (nSPS) is 16.6. The van der Waals surface area contributed by atoms with Crippen LogP contribution < -0.4 is 15.0 Å². The van der Waals surface area contributed by atoms with Crippen molar-refractivity contribution in [1.29, 1.82) is 0 Å². The summed E-state index contributed by atoms with van der Waals surface area (Å²) in [5.41, 5.74) is 1.14. The van der Waals surface area contributed by atoms with Crippen molar-refractivity contribution >= 4 is 27.5 Å². The number of ether oxygens (including phenoxy) is 1. The number of halogens is 2. The van der Waals surface area contributed by atoms with Crippen LogP contribution in [0.2, 0.25) is 5.02 Å². The van der Waals surface area contributed by atoms with E-state index in [1.807, 2.05) is 19.1 Å². The Hall–Kier alpha value is -0.290. The molecule has 0 saturated carbocycles. The van der Waals surface area contributed by atoms with Gasteiger partial charge in [-0.05, 0) is 40.5 Å². The summed E-state index contributed by atoms with van der Waals surface area (Å²) >= 11 is 9.71. The summed E-state index contributed by atoms with van der Waals surface area (Å²) < 4.78 is 6.76. The number of rotatable bonds is 5. The van der Waals surface area contributed by atoms with Gasteiger partial charge in [0.2, 0.25) is 0 Å². The van der Waals surface area contributed by atoms with E-state index in [0.29, 0.717) is 5.02 Å². The van der Waals surface area contributed by atoms with Crippen LogP contribution in [0.3, 0.4) is 0 Å². The standard InChI is InChI=1S/C14H20BrClN2O/c1-11-9-12(15)14(13(16)10-11)19-8-2-5-18-6-3-17-4-7-18/h9-10,17H,2-8H2,1H3/p+2. The molecule has 1 aliphatic rings. The van der Waals surface area contributed by atoms with Crippen molar-refractivity contribution in [3.05, 3.63) is 27.2 Å². The molecule has 0 atom stereocenters. The van der Waals surface area contributed by atoms with Gasteiger partial charge in [-0.25, -0.2) is 0 Å². The quantitative estimate of drug-likeness (QED) is 0.751. The Bertz CT molecular complexity index is 399. The van der Waals surface area contributed by atoms with Gasteiger partial charge in [0.25, 0.3) is 0 Å². The van der Waals surface area contributed by atoms with Gasteiger partial charge >= 0.3 is 0 Å². The van der Waals surface area contributed by atoms with E-state index in [9.17, 15) is 0 Å². The smallest absolute Gasteiger partial charge is 0.152 e. The zero-order valence-electron chi connectivity index (χ0n) is 11.3. The first kappa shape index (κ1) is 15.1. The summed E-state index contributed by atoms with van der Waals surface area (Å²) in [5, 5.41) is 3.08. The summed E-state index contributed by atoms with van der Waals surface area (Å²) in [7, 11) is 0. The van der Waals surface area contributed by atoms with E-state index in [-0.39, 0.29) is 0 Å². The molecule has 0 aromatic heterocycles. The van der Waals surface area contributed by atoms with Gasteiger partial charge in [-0.2, -0.15) is 0 Å². The van der Waals surface area contributed by atoms with Crippen molar-refractivity contribution < 1.29 is 15.0 Å². The third-order valence-electron chi connectivity index (χ3n) is 3.47. The highest BCUT2D eigenvalue weighted by atomic mass is 79.9. The summed E-state index contributed by atoms with van der Waals surface area (Å²) in [5.74, 6) is 0.772. The lowest BCUT2D eigenvalue weighted by Gasteiger charge is -2.22. The van der Waals surface area contributed by atoms with E-state index in [0.717, 1.165) is 28.8 Å². The molecule has 3 nitrogen and oxygen atoms in total. The largest absolute Gasteiger partial charge is 0.491 e. The number of quaternary nitrogens is 2. The molecule has 0 amide bonds. The van der Waals surface area contributed by atoms with E-state index >= 15 is 0 Å². The number of nitrogens with two attached hydrogens (primary N) is 1. The molecule has 3 N–H and O–H groups in total. The second kappa shape index (κ2) is 7.48. The van der Waals surface area contributed by atoms with Crippen LogP contribution in [0.25, 0.3) is 0 Å². The fourth-order valence-electron chi connectivity index (χ4n) is 2.45. The van der Waals surface area contributed by atoms with Gasteiger partial charge in [0.05, 0.1) is 22.6 Å². The highest BCUT2D eigenvalue weighted by Gasteiger charge is 2.15. The molecule has 0 bridgehead atoms. The lowest BCUT2D eigenvalue weighted by Crippen LogP contribution is -3.20. The minimum atomic E-state index is 0.687. The average Bonchev–Trinajstić information content (AvgIpc) is 2.38. The zero-order chi connectivity index (χ0) is 13.7. The maximum atomic E-state index is 6.20. The number of piperazine rings is 1. The van der Waals surface area contributed by atoms with Gasteiger partial charge in [-0.3, -0.25) is 0 Å². The van der Waals surface area contributed by atoms with Crippen LogP contribution in [0.5, 0.6) is 5.75 Å². The molecule has 2 rings (SSSR count). The number of nitrogens with one attached hydrogen (secondary N) is 1. The maximum Gasteiger partial charge on any atom is 0.152 e. The molecule has 1 fully saturated rings. The third kappa shape index (κ3) is 4.63. The summed E-state index contributed by atoms with van der Waals surface area (Å²) in [6.07, 6.45) is 1.08. The van der Waals surface area contributed by atoms with Crippen molar-refractivity contribution in [2.45, 2.75) is 13.3 Å². The van der Waals surface area contributed by atoms with E-state index in [1.54, 1.807) is 4.90 Å². The van der Waals surface area contributed by atoms with Gasteiger partial charge < -0.3 is 15.0 Å². The van der Waals surface area contributed by atoms with Gasteiger partial charge in [0, 0.05) is 6.42 Å². The Morgan fingerprint density at radius 3 is 2.79 bits per heavy atom. The molecular formula is C14H22BrClN2O+2. The molecule has 5 heteroatoms. The fraction of sp³-hybridized carbons (Fsp3) is 0.571. The van der Waals surface area contributed by atoms with E-state index in [2.05, 4.69) is 21.2 Å². The monoisotopic (exact) mass is 348 g/mol. The molecule has 1 aromatic carbocycles. The number of benzene rings is 1. The number of hydrogen-bond donors (Lipinski definition) is 2. The highest BCUT2D eigenvalue weighted by Crippen LogP contribution is 2.34. The Balaban J connectivity index is 1.76. The molecule has 1 heterocycles. The summed E-state index contributed by atoms with van der Waals surface area (Å²) in [6, 6.07) is 3.97. The van der Waals surface area contributed by atoms with Crippen LogP contribution in [-0.2, 0) is 0 Å². The Labute approximate surface area is 128 Å². The van der Waals surface area contributed by atoms with E-state index in [4.69, 9.17) is 16.3 Å². The molecule has 19 heavy (non-hydrogen) atoms. The lowest BCUT2D eigenvalue weighted by molar-refractivity contribution is -0.946. The first-order valence-electron chi connectivity index (χ1n) is 6.90. The summed E-state index contributed by atoms with van der Waals surface area (Å²) in [6.45, 7) is 9.00. The second-order valence-corrected chi connectivity index (χ2v) is 6.39. The SMILES string of the molecule is Cc1cc(Cl)c(OCCC[NH+]2CC[NH2+]CC2)c(Br)c1. The minimum Gasteiger partial charge on any atom is -0.491 e. The maximum absolute atomic E-state index is 6.20. The predicted octanol–water partition coefficient (Wildman–Crippen LogP) is 0.642. The molecule has 1 saturated heterocycles. The van der Waals surface area contributed by atoms with Crippen molar-refractivity contribution in [2.75, 3.05) is 39.3 Å². The van der Waals surface area contributed by atoms with Gasteiger partial charge in [0.15, 0.2) is 5.75 Å². The van der Waals surface area contributed by atoms with Crippen LogP contribution >= 0.6 is 27.5 Å². The first-order valence-corrected chi connectivity index (χ1v) is 8.07. The Morgan fingerprint density at radius 1 is 1.37 bits per heavy atom. The molecule has 106 valence electrons. The predicted molar refractivity (Wildman–Crippen MR) is 81.2 cm³/mol. The minimum absolute atomic E-state index is 0.687. The molecule has 0 radical (unpaired) electrons. The number of hydrogen-bond acceptors (Lipinski definition) is 1. The number of aryl methyl sites for hydroxylation is 1. The Kier molecular flexibility index (Phi) is 5.95. The van der Waals surface area contributed by atoms with Crippen molar-refractivity contribution in [1.82, 2.24) is 0 Å². The lowest BCUT2D eigenvalue weighted by atomic mass is 10.2. The van der Waals surface area contributed by atoms with Crippen LogP contribution in [0.1, 0.15) is 12.0 Å². The average molecular weight is 350 g/mol. The zero-order valence-corrected chi connectivity index (χ0v) is 13.7. The first-order chi connectivity index (χ1) is 9.16. The molecule has 0 spiro atoms. The van der Waals surface area contributed by atoms with Crippen LogP contribution in [-0.4, -0.2) is 39.3 Å². The van der Waals surface area contributed by atoms with E-state index in [1.165, 1.54) is 32.7 Å². The van der Waals surface area contributed by atoms with Gasteiger partial charge in [-0.15, -0.1) is 0 Å². The van der Waals surface area contributed by atoms with E-state index < -0.39 is 0 Å². The Morgan fingerprint density at radius 2 is 2.11 bits per heavy atom. The second-order valence-electron chi connectivity index (χ2n) is 5.13. The van der Waals surface area contributed by atoms with Gasteiger partial charge in [0.1, 0.15) is 26.2 Å². The van der Waals surface area contributed by atoms with Crippen molar-refractivity contribution in [3.63, 3.8) is 0 Å². The van der Waals surface area contributed by atoms with Crippen molar-refractivity contribution in [3.8, 4) is 5.75 Å². The fourth-order valence-corrected chi connectivity index (χ4v) is 3.58. The highest BCUT2D eigenvalue weighted by molar-refractivity contribution is 9.10. The molecule has 1 aromatic rings. The molecule has 0 aliphatic carbocycles. The van der Waals surface area contributed by atoms with Crippen LogP contribution in [0.15, 0.2) is 16.6 Å². The van der Waals surface area contributed by atoms with Crippen molar-refractivity contribution in [2.24, 2.45) is 0 Å². The molecular weight excluding hydrogens is 328 g/mol. The van der Waals surface area contributed by atoms with Crippen LogP contribution in [0.4, 0.5) is 0 Å². The topological polar surface area (TPSA) is 30.3 Å². The third-order valence-corrected chi connectivity index (χ3v) is 4.34. The molecule has 0 unspecified atom stereocenters. The van der Waals surface area contributed by atoms with Gasteiger partial charge in [-0.1, -0.05) is 11.6 Å². The molecule has 1 aliphatic heterocycles.